The van der Waals surface area contributed by atoms with Crippen LogP contribution in [-0.2, 0) is 14.8 Å². The smallest absolute Gasteiger partial charge is 0.393 e. The molecule has 1 heterocycles. The van der Waals surface area contributed by atoms with Crippen LogP contribution in [-0.4, -0.2) is 32.2 Å². The van der Waals surface area contributed by atoms with Crippen LogP contribution in [0.1, 0.15) is 12.8 Å². The SMILES string of the molecule is O=C(O)CC[C@H](CNS(=O)(=O)c1cccs1)C(F)(F)F. The molecule has 0 saturated carbocycles. The van der Waals surface area contributed by atoms with Gasteiger partial charge in [-0.05, 0) is 17.9 Å². The van der Waals surface area contributed by atoms with Gasteiger partial charge in [0.05, 0.1) is 5.92 Å². The van der Waals surface area contributed by atoms with E-state index in [1.807, 2.05) is 4.72 Å². The molecule has 0 amide bonds. The number of hydrogen-bond donors (Lipinski definition) is 2. The van der Waals surface area contributed by atoms with Crippen LogP contribution in [0, 0.1) is 5.92 Å². The first-order chi connectivity index (χ1) is 9.13. The Balaban J connectivity index is 2.69. The molecular weight excluding hydrogens is 319 g/mol. The van der Waals surface area contributed by atoms with Gasteiger partial charge in [0.25, 0.3) is 0 Å². The van der Waals surface area contributed by atoms with E-state index in [1.165, 1.54) is 17.5 Å². The molecule has 10 heteroatoms. The Morgan fingerprint density at radius 1 is 1.45 bits per heavy atom. The molecular formula is C10H12F3NO4S2. The van der Waals surface area contributed by atoms with Crippen LogP contribution in [0.4, 0.5) is 13.2 Å². The van der Waals surface area contributed by atoms with Crippen molar-refractivity contribution in [2.75, 3.05) is 6.54 Å². The van der Waals surface area contributed by atoms with Crippen LogP contribution in [0.3, 0.4) is 0 Å². The van der Waals surface area contributed by atoms with Crippen LogP contribution < -0.4 is 4.72 Å². The predicted octanol–water partition coefficient (Wildman–Crippen LogP) is 2.07. The van der Waals surface area contributed by atoms with Gasteiger partial charge >= 0.3 is 12.1 Å². The van der Waals surface area contributed by atoms with E-state index in [2.05, 4.69) is 0 Å². The highest BCUT2D eigenvalue weighted by Gasteiger charge is 2.40. The Bertz CT molecular complexity index is 539. The second-order valence-corrected chi connectivity index (χ2v) is 6.90. The number of carbonyl (C=O) groups is 1. The summed E-state index contributed by atoms with van der Waals surface area (Å²) in [5.74, 6) is -3.39. The Hall–Kier alpha value is -1.13. The average Bonchev–Trinajstić information content (AvgIpc) is 2.80. The molecule has 0 radical (unpaired) electrons. The normalized spacial score (nSPS) is 14.2. The molecule has 0 bridgehead atoms. The second kappa shape index (κ2) is 6.55. The van der Waals surface area contributed by atoms with Gasteiger partial charge in [0.15, 0.2) is 0 Å². The number of hydrogen-bond acceptors (Lipinski definition) is 4. The van der Waals surface area contributed by atoms with E-state index < -0.39 is 47.5 Å². The summed E-state index contributed by atoms with van der Waals surface area (Å²) in [7, 11) is -3.99. The lowest BCUT2D eigenvalue weighted by Gasteiger charge is -2.19. The van der Waals surface area contributed by atoms with Gasteiger partial charge < -0.3 is 5.11 Å². The Labute approximate surface area is 117 Å². The zero-order valence-electron chi connectivity index (χ0n) is 10.1. The third-order valence-electron chi connectivity index (χ3n) is 2.45. The minimum atomic E-state index is -4.66. The number of nitrogens with one attached hydrogen (secondary N) is 1. The lowest BCUT2D eigenvalue weighted by Crippen LogP contribution is -2.36. The lowest BCUT2D eigenvalue weighted by atomic mass is 10.0. The third-order valence-corrected chi connectivity index (χ3v) is 5.27. The molecule has 0 unspecified atom stereocenters. The first-order valence-electron chi connectivity index (χ1n) is 5.44. The van der Waals surface area contributed by atoms with Gasteiger partial charge in [-0.15, -0.1) is 11.3 Å². The summed E-state index contributed by atoms with van der Waals surface area (Å²) < 4.78 is 63.1. The number of halogens is 3. The average molecular weight is 331 g/mol. The summed E-state index contributed by atoms with van der Waals surface area (Å²) in [5.41, 5.74) is 0. The van der Waals surface area contributed by atoms with Gasteiger partial charge in [-0.1, -0.05) is 6.07 Å². The fraction of sp³-hybridized carbons (Fsp3) is 0.500. The summed E-state index contributed by atoms with van der Waals surface area (Å²) >= 11 is 0.881. The van der Waals surface area contributed by atoms with Gasteiger partial charge in [0, 0.05) is 13.0 Å². The first-order valence-corrected chi connectivity index (χ1v) is 7.81. The van der Waals surface area contributed by atoms with E-state index in [4.69, 9.17) is 5.11 Å². The predicted molar refractivity (Wildman–Crippen MR) is 65.9 cm³/mol. The molecule has 1 atom stereocenters. The maximum Gasteiger partial charge on any atom is 0.393 e. The van der Waals surface area contributed by atoms with E-state index in [-0.39, 0.29) is 4.21 Å². The lowest BCUT2D eigenvalue weighted by molar-refractivity contribution is -0.175. The largest absolute Gasteiger partial charge is 0.481 e. The van der Waals surface area contributed by atoms with Crippen molar-refractivity contribution in [1.82, 2.24) is 4.72 Å². The highest BCUT2D eigenvalue weighted by atomic mass is 32.2. The molecule has 1 aromatic heterocycles. The van der Waals surface area contributed by atoms with Gasteiger partial charge in [-0.2, -0.15) is 13.2 Å². The number of sulfonamides is 1. The molecule has 5 nitrogen and oxygen atoms in total. The number of alkyl halides is 3. The van der Waals surface area contributed by atoms with E-state index in [1.54, 1.807) is 0 Å². The molecule has 1 aromatic rings. The van der Waals surface area contributed by atoms with Crippen LogP contribution in [0.5, 0.6) is 0 Å². The van der Waals surface area contributed by atoms with Crippen LogP contribution in [0.25, 0.3) is 0 Å². The molecule has 114 valence electrons. The Kier molecular flexibility index (Phi) is 5.54. The van der Waals surface area contributed by atoms with Crippen LogP contribution >= 0.6 is 11.3 Å². The van der Waals surface area contributed by atoms with Gasteiger partial charge in [-0.25, -0.2) is 13.1 Å². The molecule has 0 aliphatic rings. The minimum absolute atomic E-state index is 0.0864. The van der Waals surface area contributed by atoms with Crippen molar-refractivity contribution >= 4 is 27.3 Å². The van der Waals surface area contributed by atoms with Crippen molar-refractivity contribution in [3.63, 3.8) is 0 Å². The number of thiophene rings is 1. The van der Waals surface area contributed by atoms with Crippen LogP contribution in [0.2, 0.25) is 0 Å². The standard InChI is InChI=1S/C10H12F3NO4S2/c11-10(12,13)7(3-4-8(15)16)6-14-20(17,18)9-2-1-5-19-9/h1-2,5,7,14H,3-4,6H2,(H,15,16)/t7-/m1/s1. The van der Waals surface area contributed by atoms with Crippen molar-refractivity contribution in [2.24, 2.45) is 5.92 Å². The Morgan fingerprint density at radius 3 is 2.55 bits per heavy atom. The molecule has 0 fully saturated rings. The molecule has 0 aliphatic carbocycles. The number of aliphatic carboxylic acids is 1. The summed E-state index contributed by atoms with van der Waals surface area (Å²) in [6.45, 7) is -0.878. The maximum absolute atomic E-state index is 12.7. The molecule has 2 N–H and O–H groups in total. The van der Waals surface area contributed by atoms with Crippen molar-refractivity contribution in [3.05, 3.63) is 17.5 Å². The fourth-order valence-electron chi connectivity index (χ4n) is 1.38. The Morgan fingerprint density at radius 2 is 2.10 bits per heavy atom. The number of carboxylic acid groups (broad SMARTS) is 1. The van der Waals surface area contributed by atoms with E-state index >= 15 is 0 Å². The molecule has 20 heavy (non-hydrogen) atoms. The van der Waals surface area contributed by atoms with Crippen molar-refractivity contribution < 1.29 is 31.5 Å². The topological polar surface area (TPSA) is 83.5 Å². The van der Waals surface area contributed by atoms with E-state index in [9.17, 15) is 26.4 Å². The number of carboxylic acids is 1. The first kappa shape index (κ1) is 16.9. The summed E-state index contributed by atoms with van der Waals surface area (Å²) in [5, 5.41) is 9.89. The van der Waals surface area contributed by atoms with E-state index in [0.717, 1.165) is 11.3 Å². The van der Waals surface area contributed by atoms with Crippen molar-refractivity contribution in [3.8, 4) is 0 Å². The van der Waals surface area contributed by atoms with Gasteiger partial charge in [0.2, 0.25) is 10.0 Å². The van der Waals surface area contributed by atoms with Gasteiger partial charge in [0.1, 0.15) is 4.21 Å². The second-order valence-electron chi connectivity index (χ2n) is 3.95. The van der Waals surface area contributed by atoms with Gasteiger partial charge in [-0.3, -0.25) is 4.79 Å². The minimum Gasteiger partial charge on any atom is -0.481 e. The van der Waals surface area contributed by atoms with E-state index in [0.29, 0.717) is 0 Å². The highest BCUT2D eigenvalue weighted by molar-refractivity contribution is 7.91. The van der Waals surface area contributed by atoms with Crippen molar-refractivity contribution in [1.29, 1.82) is 0 Å². The van der Waals surface area contributed by atoms with Crippen molar-refractivity contribution in [2.45, 2.75) is 23.2 Å². The maximum atomic E-state index is 12.7. The molecule has 0 aromatic carbocycles. The molecule has 0 aliphatic heterocycles. The third kappa shape index (κ3) is 5.10. The molecule has 0 spiro atoms. The highest BCUT2D eigenvalue weighted by Crippen LogP contribution is 2.29. The quantitative estimate of drug-likeness (QED) is 0.801. The molecule has 0 saturated heterocycles. The zero-order valence-corrected chi connectivity index (χ0v) is 11.7. The summed E-state index contributed by atoms with van der Waals surface area (Å²) in [4.78, 5) is 10.3. The monoisotopic (exact) mass is 331 g/mol. The molecule has 1 rings (SSSR count). The number of rotatable bonds is 7. The summed E-state index contributed by atoms with van der Waals surface area (Å²) in [6.07, 6.45) is -6.01. The summed E-state index contributed by atoms with van der Waals surface area (Å²) in [6, 6.07) is 2.73. The fourth-order valence-corrected chi connectivity index (χ4v) is 3.50. The van der Waals surface area contributed by atoms with Crippen LogP contribution in [0.15, 0.2) is 21.7 Å². The zero-order chi connectivity index (χ0) is 15.4.